The van der Waals surface area contributed by atoms with E-state index < -0.39 is 0 Å². The minimum Gasteiger partial charge on any atom is -0.326 e. The van der Waals surface area contributed by atoms with E-state index >= 15 is 0 Å². The summed E-state index contributed by atoms with van der Waals surface area (Å²) in [5, 5.41) is 0. The molecule has 0 saturated carbocycles. The maximum Gasteiger partial charge on any atom is 0.159 e. The van der Waals surface area contributed by atoms with Crippen molar-refractivity contribution in [1.82, 2.24) is 14.5 Å². The fraction of sp³-hybridized carbons (Fsp3) is 0.200. The molecule has 0 aliphatic carbocycles. The van der Waals surface area contributed by atoms with E-state index in [9.17, 15) is 0 Å². The van der Waals surface area contributed by atoms with E-state index in [1.165, 1.54) is 16.6 Å². The van der Waals surface area contributed by atoms with Crippen LogP contribution in [-0.4, -0.2) is 14.5 Å². The molecule has 0 saturated heterocycles. The predicted molar refractivity (Wildman–Crippen MR) is 73.4 cm³/mol. The summed E-state index contributed by atoms with van der Waals surface area (Å²) in [4.78, 5) is 9.12. The van der Waals surface area contributed by atoms with Gasteiger partial charge in [0, 0.05) is 13.2 Å². The molecule has 90 valence electrons. The molecule has 3 heteroatoms. The van der Waals surface area contributed by atoms with Gasteiger partial charge in [0.1, 0.15) is 5.69 Å². The maximum atomic E-state index is 4.74. The molecule has 0 aliphatic heterocycles. The molecule has 0 fully saturated rings. The van der Waals surface area contributed by atoms with Gasteiger partial charge in [-0.2, -0.15) is 0 Å². The van der Waals surface area contributed by atoms with Crippen molar-refractivity contribution in [3.8, 4) is 11.5 Å². The number of hydrogen-bond acceptors (Lipinski definition) is 2. The van der Waals surface area contributed by atoms with Crippen LogP contribution in [0.2, 0.25) is 0 Å². The summed E-state index contributed by atoms with van der Waals surface area (Å²) in [5.74, 6) is 0.919. The summed E-state index contributed by atoms with van der Waals surface area (Å²) >= 11 is 0. The van der Waals surface area contributed by atoms with Crippen molar-refractivity contribution in [2.24, 2.45) is 7.05 Å². The summed E-state index contributed by atoms with van der Waals surface area (Å²) in [6.07, 6.45) is 1.80. The summed E-state index contributed by atoms with van der Waals surface area (Å²) in [5.41, 5.74) is 5.62. The average Bonchev–Trinajstić information content (AvgIpc) is 2.74. The minimum atomic E-state index is 0.912. The van der Waals surface area contributed by atoms with Gasteiger partial charge in [0.25, 0.3) is 0 Å². The van der Waals surface area contributed by atoms with Gasteiger partial charge in [0.05, 0.1) is 11.0 Å². The van der Waals surface area contributed by atoms with Crippen molar-refractivity contribution in [2.45, 2.75) is 13.8 Å². The van der Waals surface area contributed by atoms with E-state index in [-0.39, 0.29) is 0 Å². The van der Waals surface area contributed by atoms with Gasteiger partial charge in [-0.3, -0.25) is 4.98 Å². The van der Waals surface area contributed by atoms with Crippen LogP contribution in [0.5, 0.6) is 0 Å². The number of nitrogens with zero attached hydrogens (tertiary/aromatic N) is 3. The fourth-order valence-corrected chi connectivity index (χ4v) is 2.36. The van der Waals surface area contributed by atoms with Crippen molar-refractivity contribution in [3.63, 3.8) is 0 Å². The van der Waals surface area contributed by atoms with Crippen LogP contribution in [0, 0.1) is 13.8 Å². The Hall–Kier alpha value is -2.16. The number of imidazole rings is 1. The molecule has 0 aliphatic rings. The van der Waals surface area contributed by atoms with E-state index in [4.69, 9.17) is 4.98 Å². The lowest BCUT2D eigenvalue weighted by Crippen LogP contribution is -1.95. The van der Waals surface area contributed by atoms with E-state index in [0.717, 1.165) is 17.0 Å². The number of fused-ring (bicyclic) bond motifs is 1. The van der Waals surface area contributed by atoms with E-state index in [2.05, 4.69) is 35.5 Å². The zero-order chi connectivity index (χ0) is 12.7. The van der Waals surface area contributed by atoms with Gasteiger partial charge in [0.2, 0.25) is 0 Å². The largest absolute Gasteiger partial charge is 0.326 e. The Balaban J connectivity index is 2.37. The number of aryl methyl sites for hydroxylation is 3. The first-order valence-electron chi connectivity index (χ1n) is 6.02. The maximum absolute atomic E-state index is 4.74. The quantitative estimate of drug-likeness (QED) is 0.650. The SMILES string of the molecule is Cc1ccc(C)c2c1nc(-c1ccccn1)n2C. The third kappa shape index (κ3) is 1.51. The van der Waals surface area contributed by atoms with Crippen LogP contribution in [-0.2, 0) is 7.05 Å². The molecule has 18 heavy (non-hydrogen) atoms. The summed E-state index contributed by atoms with van der Waals surface area (Å²) in [6, 6.07) is 10.2. The molecule has 0 unspecified atom stereocenters. The van der Waals surface area contributed by atoms with Gasteiger partial charge >= 0.3 is 0 Å². The highest BCUT2D eigenvalue weighted by Gasteiger charge is 2.13. The summed E-state index contributed by atoms with van der Waals surface area (Å²) < 4.78 is 2.12. The third-order valence-corrected chi connectivity index (χ3v) is 3.32. The first kappa shape index (κ1) is 11.0. The number of aromatic nitrogens is 3. The van der Waals surface area contributed by atoms with Gasteiger partial charge in [0.15, 0.2) is 5.82 Å². The van der Waals surface area contributed by atoms with Crippen LogP contribution >= 0.6 is 0 Å². The number of benzene rings is 1. The molecule has 3 aromatic rings. The van der Waals surface area contributed by atoms with Crippen molar-refractivity contribution in [2.75, 3.05) is 0 Å². The molecule has 0 N–H and O–H groups in total. The van der Waals surface area contributed by atoms with Gasteiger partial charge in [-0.1, -0.05) is 18.2 Å². The molecule has 3 rings (SSSR count). The van der Waals surface area contributed by atoms with E-state index in [0.29, 0.717) is 0 Å². The highest BCUT2D eigenvalue weighted by Crippen LogP contribution is 2.26. The van der Waals surface area contributed by atoms with Crippen LogP contribution < -0.4 is 0 Å². The Morgan fingerprint density at radius 3 is 2.44 bits per heavy atom. The first-order chi connectivity index (χ1) is 8.68. The molecular formula is C15H15N3. The number of pyridine rings is 1. The zero-order valence-corrected chi connectivity index (χ0v) is 10.8. The molecule has 1 aromatic carbocycles. The molecule has 0 atom stereocenters. The Morgan fingerprint density at radius 1 is 1.00 bits per heavy atom. The molecule has 2 aromatic heterocycles. The topological polar surface area (TPSA) is 30.7 Å². The highest BCUT2D eigenvalue weighted by atomic mass is 15.1. The van der Waals surface area contributed by atoms with Crippen LogP contribution in [0.4, 0.5) is 0 Å². The molecule has 0 spiro atoms. The molecule has 2 heterocycles. The monoisotopic (exact) mass is 237 g/mol. The lowest BCUT2D eigenvalue weighted by atomic mass is 10.1. The molecule has 0 amide bonds. The first-order valence-corrected chi connectivity index (χ1v) is 6.02. The lowest BCUT2D eigenvalue weighted by molar-refractivity contribution is 0.946. The Kier molecular flexibility index (Phi) is 2.40. The standard InChI is InChI=1S/C15H15N3/c1-10-7-8-11(2)14-13(10)17-15(18(14)3)12-6-4-5-9-16-12/h4-9H,1-3H3. The van der Waals surface area contributed by atoms with Gasteiger partial charge in [-0.05, 0) is 37.1 Å². The molecule has 0 radical (unpaired) electrons. The van der Waals surface area contributed by atoms with Crippen LogP contribution in [0.15, 0.2) is 36.5 Å². The van der Waals surface area contributed by atoms with Crippen LogP contribution in [0.3, 0.4) is 0 Å². The number of rotatable bonds is 1. The summed E-state index contributed by atoms with van der Waals surface area (Å²) in [7, 11) is 2.05. The molecule has 0 bridgehead atoms. The van der Waals surface area contributed by atoms with Crippen molar-refractivity contribution in [3.05, 3.63) is 47.7 Å². The number of hydrogen-bond donors (Lipinski definition) is 0. The van der Waals surface area contributed by atoms with E-state index in [1.54, 1.807) is 6.20 Å². The Morgan fingerprint density at radius 2 is 1.78 bits per heavy atom. The second kappa shape index (κ2) is 3.95. The summed E-state index contributed by atoms with van der Waals surface area (Å²) in [6.45, 7) is 4.21. The highest BCUT2D eigenvalue weighted by molar-refractivity contribution is 5.85. The van der Waals surface area contributed by atoms with Crippen LogP contribution in [0.25, 0.3) is 22.6 Å². The molecular weight excluding hydrogens is 222 g/mol. The Labute approximate surface area is 106 Å². The van der Waals surface area contributed by atoms with Gasteiger partial charge in [-0.15, -0.1) is 0 Å². The predicted octanol–water partition coefficient (Wildman–Crippen LogP) is 3.25. The van der Waals surface area contributed by atoms with Crippen molar-refractivity contribution >= 4 is 11.0 Å². The Bertz CT molecular complexity index is 711. The molecule has 3 nitrogen and oxygen atoms in total. The van der Waals surface area contributed by atoms with E-state index in [1.807, 2.05) is 25.2 Å². The van der Waals surface area contributed by atoms with Crippen molar-refractivity contribution < 1.29 is 0 Å². The van der Waals surface area contributed by atoms with Crippen molar-refractivity contribution in [1.29, 1.82) is 0 Å². The average molecular weight is 237 g/mol. The van der Waals surface area contributed by atoms with Crippen LogP contribution in [0.1, 0.15) is 11.1 Å². The smallest absolute Gasteiger partial charge is 0.159 e. The third-order valence-electron chi connectivity index (χ3n) is 3.32. The second-order valence-corrected chi connectivity index (χ2v) is 4.61. The second-order valence-electron chi connectivity index (χ2n) is 4.61. The lowest BCUT2D eigenvalue weighted by Gasteiger charge is -2.03. The van der Waals surface area contributed by atoms with Gasteiger partial charge in [-0.25, -0.2) is 4.98 Å². The minimum absolute atomic E-state index is 0.912. The normalized spacial score (nSPS) is 11.1. The fourth-order valence-electron chi connectivity index (χ4n) is 2.36. The van der Waals surface area contributed by atoms with Gasteiger partial charge < -0.3 is 4.57 Å². The zero-order valence-electron chi connectivity index (χ0n) is 10.8.